The van der Waals surface area contributed by atoms with E-state index >= 15 is 0 Å². The largest absolute Gasteiger partial charge is 0.388 e. The van der Waals surface area contributed by atoms with Gasteiger partial charge in [-0.25, -0.2) is 4.98 Å². The number of hydrogen-bond donors (Lipinski definition) is 2. The molecular weight excluding hydrogens is 270 g/mol. The van der Waals surface area contributed by atoms with E-state index in [1.807, 2.05) is 6.20 Å². The fraction of sp³-hybridized carbons (Fsp3) is 0.211. The number of nitrogens with one attached hydrogen (secondary N) is 2. The monoisotopic (exact) mass is 291 g/mol. The van der Waals surface area contributed by atoms with Crippen LogP contribution in [-0.2, 0) is 12.8 Å². The first kappa shape index (κ1) is 14.4. The molecule has 0 saturated carbocycles. The van der Waals surface area contributed by atoms with E-state index in [-0.39, 0.29) is 0 Å². The third kappa shape index (κ3) is 3.76. The van der Waals surface area contributed by atoms with Gasteiger partial charge in [0.1, 0.15) is 0 Å². The molecule has 22 heavy (non-hydrogen) atoms. The summed E-state index contributed by atoms with van der Waals surface area (Å²) in [6.07, 6.45) is 6.49. The molecule has 3 aromatic rings. The Kier molecular flexibility index (Phi) is 4.54. The molecule has 0 atom stereocenters. The summed E-state index contributed by atoms with van der Waals surface area (Å²) in [7, 11) is 0. The number of H-pyrrole nitrogens is 1. The number of hydrogen-bond acceptors (Lipinski definition) is 2. The molecule has 1 aromatic heterocycles. The normalized spacial score (nSPS) is 10.7. The van der Waals surface area contributed by atoms with Gasteiger partial charge in [-0.3, -0.25) is 0 Å². The van der Waals surface area contributed by atoms with Crippen molar-refractivity contribution in [2.45, 2.75) is 19.3 Å². The van der Waals surface area contributed by atoms with Crippen molar-refractivity contribution in [3.63, 3.8) is 0 Å². The molecule has 0 aliphatic carbocycles. The molecule has 0 aliphatic heterocycles. The number of nitrogens with zero attached hydrogens (tertiary/aromatic N) is 1. The van der Waals surface area contributed by atoms with Gasteiger partial charge in [0.25, 0.3) is 0 Å². The van der Waals surface area contributed by atoms with Crippen LogP contribution in [0.25, 0.3) is 10.8 Å². The second-order valence-electron chi connectivity index (χ2n) is 5.52. The zero-order valence-corrected chi connectivity index (χ0v) is 12.7. The molecule has 0 fully saturated rings. The number of rotatable bonds is 7. The van der Waals surface area contributed by atoms with Crippen molar-refractivity contribution in [3.05, 3.63) is 78.5 Å². The lowest BCUT2D eigenvalue weighted by molar-refractivity contribution is 0.735. The molecule has 3 nitrogen and oxygen atoms in total. The SMILES string of the molecule is C=C(CCc1c[nH]cn1)NCCc1ccc2ccccc2c1. The predicted octanol–water partition coefficient (Wildman–Crippen LogP) is 3.84. The van der Waals surface area contributed by atoms with Crippen LogP contribution < -0.4 is 5.32 Å². The molecule has 2 N–H and O–H groups in total. The van der Waals surface area contributed by atoms with Crippen molar-refractivity contribution >= 4 is 10.8 Å². The van der Waals surface area contributed by atoms with Crippen LogP contribution in [0, 0.1) is 0 Å². The molecule has 0 unspecified atom stereocenters. The quantitative estimate of drug-likeness (QED) is 0.694. The van der Waals surface area contributed by atoms with Crippen molar-refractivity contribution in [1.82, 2.24) is 15.3 Å². The first-order valence-electron chi connectivity index (χ1n) is 7.68. The highest BCUT2D eigenvalue weighted by molar-refractivity contribution is 5.82. The number of allylic oxidation sites excluding steroid dienone is 1. The lowest BCUT2D eigenvalue weighted by Crippen LogP contribution is -2.16. The van der Waals surface area contributed by atoms with Crippen molar-refractivity contribution in [1.29, 1.82) is 0 Å². The Morgan fingerprint density at radius 3 is 2.77 bits per heavy atom. The summed E-state index contributed by atoms with van der Waals surface area (Å²) in [6.45, 7) is 5.00. The second kappa shape index (κ2) is 6.94. The fourth-order valence-corrected chi connectivity index (χ4v) is 2.57. The van der Waals surface area contributed by atoms with E-state index in [4.69, 9.17) is 0 Å². The predicted molar refractivity (Wildman–Crippen MR) is 91.7 cm³/mol. The summed E-state index contributed by atoms with van der Waals surface area (Å²) in [6, 6.07) is 15.1. The Balaban J connectivity index is 1.46. The molecular formula is C19H21N3. The van der Waals surface area contributed by atoms with Crippen LogP contribution in [0.15, 0.2) is 67.3 Å². The topological polar surface area (TPSA) is 40.7 Å². The van der Waals surface area contributed by atoms with Gasteiger partial charge in [-0.15, -0.1) is 0 Å². The van der Waals surface area contributed by atoms with Gasteiger partial charge in [0.2, 0.25) is 0 Å². The summed E-state index contributed by atoms with van der Waals surface area (Å²) in [4.78, 5) is 7.19. The average Bonchev–Trinajstić information content (AvgIpc) is 3.06. The lowest BCUT2D eigenvalue weighted by atomic mass is 10.1. The molecule has 3 heteroatoms. The minimum Gasteiger partial charge on any atom is -0.388 e. The number of imidazole rings is 1. The van der Waals surface area contributed by atoms with Crippen molar-refractivity contribution in [2.75, 3.05) is 6.54 Å². The Hall–Kier alpha value is -2.55. The van der Waals surface area contributed by atoms with Gasteiger partial charge in [-0.2, -0.15) is 0 Å². The molecule has 2 aromatic carbocycles. The fourth-order valence-electron chi connectivity index (χ4n) is 2.57. The molecule has 0 spiro atoms. The van der Waals surface area contributed by atoms with Gasteiger partial charge < -0.3 is 10.3 Å². The Morgan fingerprint density at radius 1 is 1.09 bits per heavy atom. The summed E-state index contributed by atoms with van der Waals surface area (Å²) < 4.78 is 0. The number of fused-ring (bicyclic) bond motifs is 1. The van der Waals surface area contributed by atoms with E-state index in [1.54, 1.807) is 6.33 Å². The van der Waals surface area contributed by atoms with Crippen LogP contribution in [0.2, 0.25) is 0 Å². The van der Waals surface area contributed by atoms with Crippen LogP contribution in [0.1, 0.15) is 17.7 Å². The highest BCUT2D eigenvalue weighted by atomic mass is 14.9. The number of aryl methyl sites for hydroxylation is 1. The Labute approximate surface area is 131 Å². The maximum atomic E-state index is 4.22. The van der Waals surface area contributed by atoms with Crippen LogP contribution >= 0.6 is 0 Å². The zero-order valence-electron chi connectivity index (χ0n) is 12.7. The van der Waals surface area contributed by atoms with Crippen molar-refractivity contribution in [2.24, 2.45) is 0 Å². The Bertz CT molecular complexity index is 744. The molecule has 0 amide bonds. The summed E-state index contributed by atoms with van der Waals surface area (Å²) in [5.74, 6) is 0. The molecule has 0 bridgehead atoms. The summed E-state index contributed by atoms with van der Waals surface area (Å²) in [5.41, 5.74) is 3.51. The molecule has 1 heterocycles. The maximum absolute atomic E-state index is 4.22. The van der Waals surface area contributed by atoms with E-state index in [0.717, 1.165) is 37.2 Å². The third-order valence-electron chi connectivity index (χ3n) is 3.84. The van der Waals surface area contributed by atoms with Crippen LogP contribution in [0.4, 0.5) is 0 Å². The smallest absolute Gasteiger partial charge is 0.0923 e. The maximum Gasteiger partial charge on any atom is 0.0923 e. The van der Waals surface area contributed by atoms with E-state index in [9.17, 15) is 0 Å². The van der Waals surface area contributed by atoms with E-state index in [1.165, 1.54) is 16.3 Å². The standard InChI is InChI=1S/C19H21N3/c1-15(6-9-19-13-20-14-22-19)21-11-10-16-7-8-17-4-2-3-5-18(17)12-16/h2-5,7-8,12-14,21H,1,6,9-11H2,(H,20,22). The first-order valence-corrected chi connectivity index (χ1v) is 7.68. The van der Waals surface area contributed by atoms with Gasteiger partial charge >= 0.3 is 0 Å². The average molecular weight is 291 g/mol. The number of benzene rings is 2. The van der Waals surface area contributed by atoms with Gasteiger partial charge in [0.05, 0.1) is 12.0 Å². The second-order valence-corrected chi connectivity index (χ2v) is 5.52. The van der Waals surface area contributed by atoms with Gasteiger partial charge in [0.15, 0.2) is 0 Å². The number of aromatic amines is 1. The van der Waals surface area contributed by atoms with Gasteiger partial charge in [-0.05, 0) is 35.6 Å². The van der Waals surface area contributed by atoms with Gasteiger partial charge in [-0.1, -0.05) is 49.0 Å². The van der Waals surface area contributed by atoms with E-state index in [2.05, 4.69) is 64.3 Å². The van der Waals surface area contributed by atoms with Gasteiger partial charge in [0, 0.05) is 18.4 Å². The Morgan fingerprint density at radius 2 is 1.95 bits per heavy atom. The molecule has 3 rings (SSSR count). The highest BCUT2D eigenvalue weighted by Gasteiger charge is 2.00. The zero-order chi connectivity index (χ0) is 15.2. The lowest BCUT2D eigenvalue weighted by Gasteiger charge is -2.09. The molecule has 0 saturated heterocycles. The highest BCUT2D eigenvalue weighted by Crippen LogP contribution is 2.15. The van der Waals surface area contributed by atoms with E-state index in [0.29, 0.717) is 0 Å². The minimum absolute atomic E-state index is 0.914. The molecule has 0 aliphatic rings. The van der Waals surface area contributed by atoms with Crippen molar-refractivity contribution < 1.29 is 0 Å². The van der Waals surface area contributed by atoms with Crippen LogP contribution in [0.5, 0.6) is 0 Å². The number of aromatic nitrogens is 2. The first-order chi connectivity index (χ1) is 10.8. The molecule has 112 valence electrons. The third-order valence-corrected chi connectivity index (χ3v) is 3.84. The minimum atomic E-state index is 0.914. The van der Waals surface area contributed by atoms with Crippen molar-refractivity contribution in [3.8, 4) is 0 Å². The van der Waals surface area contributed by atoms with E-state index < -0.39 is 0 Å². The summed E-state index contributed by atoms with van der Waals surface area (Å²) in [5, 5.41) is 6.01. The summed E-state index contributed by atoms with van der Waals surface area (Å²) >= 11 is 0. The van der Waals surface area contributed by atoms with Crippen LogP contribution in [-0.4, -0.2) is 16.5 Å². The molecule has 0 radical (unpaired) electrons. The van der Waals surface area contributed by atoms with Crippen LogP contribution in [0.3, 0.4) is 0 Å².